The van der Waals surface area contributed by atoms with Gasteiger partial charge in [0.15, 0.2) is 37.2 Å². The Morgan fingerprint density at radius 1 is 0.625 bits per heavy atom. The number of carbonyl (C=O) groups is 14. The Labute approximate surface area is 547 Å². The van der Waals surface area contributed by atoms with Crippen LogP contribution in [0.15, 0.2) is 30.6 Å². The van der Waals surface area contributed by atoms with Crippen LogP contribution in [0.2, 0.25) is 0 Å². The fraction of sp³-hybridized carbons (Fsp3) is 0.655. The van der Waals surface area contributed by atoms with Crippen LogP contribution in [0.1, 0.15) is 101 Å². The van der Waals surface area contributed by atoms with E-state index in [1.165, 1.54) is 13.8 Å². The monoisotopic (exact) mass is 1400 g/mol. The van der Waals surface area contributed by atoms with Crippen molar-refractivity contribution in [1.82, 2.24) is 42.5 Å². The summed E-state index contributed by atoms with van der Waals surface area (Å²) in [5, 5.41) is 17.9. The SMILES string of the molecule is COC(=O)[C@@H](C)NC(=O)[C@@H](C)NC(=O)[C@H](CCCCNC(=O)C(F)(F)F)NC(=O)CC[C@@H](NC(=O)[C@H](C)NC(=O)[C@@H](C)O[C@@H]1[C@@H](NC(C)=O)[C@@H](OP(=O)([O-])O)O[C@H](COC(C)=O)[C@H]1O[C@@H]1O[C@H](COC(C)=O)[C@@H](OC(C)=O)[C@H](OC(C)=O)[C@H]1NC(C)=O)C(N)=O.c1cc[nH+]cc1. The first-order valence-electron chi connectivity index (χ1n) is 29.3. The standard InChI is InChI=1S/C50H77F3N9O27P.C5H5N/c1-20(42(71)58-22(3)46(75)80-11)57-45(74)31(14-12-13-17-55-49(76)50(51,52)53)61-34(69)16-15-30(41(54)70)62-43(72)21(2)56-44(73)23(4)83-39-36(60-25(6)64)48(89-90(77,78)79)87-33(19-82-27(8)66)38(39)88-47-35(59-24(5)63)40(85-29(10)68)37(84-28(9)67)32(86-47)18-81-26(7)65;1-2-4-6-5-3-1/h20-23,30-33,35-40,47-48H,12-19H2,1-11H3,(H2,54,70)(H,55,76)(H,56,73)(H,57,74)(H,58,71)(H,59,63)(H,60,64)(H,61,69)(H,62,72)(H2,77,78,79);1-5H/t20-,21+,22-,23-,30-,31+,32-,33-,35-,36-,37-,38-,39-,40-,47+,48-;/m1./s1. The Balaban J connectivity index is 0.00000493. The molecular formula is C55H82F3N10O27P. The van der Waals surface area contributed by atoms with Gasteiger partial charge in [0.1, 0.15) is 86.0 Å². The van der Waals surface area contributed by atoms with E-state index in [1.54, 1.807) is 5.32 Å². The van der Waals surface area contributed by atoms with Crippen molar-refractivity contribution in [3.05, 3.63) is 30.6 Å². The molecule has 2 saturated heterocycles. The van der Waals surface area contributed by atoms with Gasteiger partial charge < -0.3 is 101 Å². The van der Waals surface area contributed by atoms with E-state index in [0.717, 1.165) is 62.5 Å². The summed E-state index contributed by atoms with van der Waals surface area (Å²) in [7, 11) is -4.83. The third kappa shape index (κ3) is 30.5. The molecule has 0 saturated carbocycles. The van der Waals surface area contributed by atoms with Crippen molar-refractivity contribution < 1.29 is 147 Å². The van der Waals surface area contributed by atoms with E-state index in [2.05, 4.69) is 46.9 Å². The van der Waals surface area contributed by atoms with Crippen LogP contribution < -0.4 is 58.1 Å². The number of alkyl halides is 3. The highest BCUT2D eigenvalue weighted by molar-refractivity contribution is 7.44. The van der Waals surface area contributed by atoms with Gasteiger partial charge in [-0.25, -0.2) is 9.78 Å². The molecule has 3 heterocycles. The molecule has 2 fully saturated rings. The molecule has 1 aromatic rings. The second-order valence-electron chi connectivity index (χ2n) is 21.4. The third-order valence-corrected chi connectivity index (χ3v) is 13.7. The maximum absolute atomic E-state index is 14.0. The Bertz CT molecular complexity index is 2890. The van der Waals surface area contributed by atoms with Crippen molar-refractivity contribution in [3.8, 4) is 0 Å². The Morgan fingerprint density at radius 2 is 1.12 bits per heavy atom. The second kappa shape index (κ2) is 40.1. The van der Waals surface area contributed by atoms with Gasteiger partial charge in [0.2, 0.25) is 47.3 Å². The number of ether oxygens (including phenoxy) is 9. The number of unbranched alkanes of at least 4 members (excludes halogenated alkanes) is 1. The van der Waals surface area contributed by atoms with Gasteiger partial charge in [0.25, 0.3) is 7.82 Å². The first kappa shape index (κ1) is 83.6. The molecule has 41 heteroatoms. The zero-order chi connectivity index (χ0) is 72.9. The normalized spacial score (nSPS) is 23.0. The van der Waals surface area contributed by atoms with Crippen molar-refractivity contribution in [2.24, 2.45) is 5.73 Å². The van der Waals surface area contributed by atoms with Gasteiger partial charge in [-0.2, -0.15) is 13.2 Å². The van der Waals surface area contributed by atoms with E-state index in [-0.39, 0.29) is 19.3 Å². The molecular weight excluding hydrogens is 1320 g/mol. The lowest BCUT2D eigenvalue weighted by molar-refractivity contribution is -0.378. The van der Waals surface area contributed by atoms with E-state index in [4.69, 9.17) is 48.2 Å². The second-order valence-corrected chi connectivity index (χ2v) is 22.5. The van der Waals surface area contributed by atoms with Gasteiger partial charge in [-0.05, 0) is 53.4 Å². The average molecular weight is 1400 g/mol. The van der Waals surface area contributed by atoms with E-state index >= 15 is 0 Å². The number of esters is 5. The summed E-state index contributed by atoms with van der Waals surface area (Å²) >= 11 is 0. The van der Waals surface area contributed by atoms with E-state index in [9.17, 15) is 94.6 Å². The minimum Gasteiger partial charge on any atom is -0.756 e. The molecule has 17 atom stereocenters. The molecule has 12 N–H and O–H groups in total. The lowest BCUT2D eigenvalue weighted by Crippen LogP contribution is -2.71. The predicted octanol–water partition coefficient (Wildman–Crippen LogP) is -4.66. The van der Waals surface area contributed by atoms with Gasteiger partial charge >= 0.3 is 41.9 Å². The Hall–Kier alpha value is -8.53. The van der Waals surface area contributed by atoms with Crippen molar-refractivity contribution in [2.45, 2.75) is 205 Å². The van der Waals surface area contributed by atoms with Gasteiger partial charge in [0, 0.05) is 66.6 Å². The molecule has 0 aliphatic carbocycles. The summed E-state index contributed by atoms with van der Waals surface area (Å²) in [4.78, 5) is 203. The van der Waals surface area contributed by atoms with Gasteiger partial charge in [-0.15, -0.1) is 0 Å². The first-order valence-corrected chi connectivity index (χ1v) is 30.8. The van der Waals surface area contributed by atoms with Crippen LogP contribution in [0, 0.1) is 0 Å². The molecule has 2 aliphatic heterocycles. The smallest absolute Gasteiger partial charge is 0.471 e. The Morgan fingerprint density at radius 3 is 1.59 bits per heavy atom. The molecule has 3 rings (SSSR count). The number of methoxy groups -OCH3 is 1. The molecule has 0 radical (unpaired) electrons. The highest BCUT2D eigenvalue weighted by Crippen LogP contribution is 2.40. The van der Waals surface area contributed by atoms with Crippen LogP contribution >= 0.6 is 7.82 Å². The van der Waals surface area contributed by atoms with E-state index < -0.39 is 227 Å². The number of hydrogen-bond acceptors (Lipinski definition) is 26. The molecule has 0 bridgehead atoms. The maximum atomic E-state index is 14.0. The molecule has 37 nitrogen and oxygen atoms in total. The number of carbonyl (C=O) groups excluding carboxylic acids is 14. The first-order chi connectivity index (χ1) is 44.6. The van der Waals surface area contributed by atoms with Crippen LogP contribution in [0.25, 0.3) is 0 Å². The molecule has 9 amide bonds. The molecule has 1 unspecified atom stereocenters. The van der Waals surface area contributed by atoms with E-state index in [0.29, 0.717) is 0 Å². The fourth-order valence-electron chi connectivity index (χ4n) is 8.89. The van der Waals surface area contributed by atoms with Gasteiger partial charge in [-0.1, -0.05) is 6.07 Å². The quantitative estimate of drug-likeness (QED) is 0.0137. The predicted molar refractivity (Wildman–Crippen MR) is 310 cm³/mol. The zero-order valence-electron chi connectivity index (χ0n) is 54.0. The number of aromatic nitrogens is 1. The molecule has 0 spiro atoms. The average Bonchev–Trinajstić information content (AvgIpc) is 0.768. The number of aromatic amines is 1. The summed E-state index contributed by atoms with van der Waals surface area (Å²) in [6.45, 7) is 8.16. The minimum atomic E-state index is -5.89. The van der Waals surface area contributed by atoms with Crippen LogP contribution in [-0.2, 0) is 119 Å². The molecule has 96 heavy (non-hydrogen) atoms. The molecule has 540 valence electrons. The number of halogens is 3. The van der Waals surface area contributed by atoms with Crippen LogP contribution in [0.3, 0.4) is 0 Å². The topological polar surface area (TPSA) is 528 Å². The van der Waals surface area contributed by atoms with E-state index in [1.807, 2.05) is 30.6 Å². The number of hydrogen-bond donors (Lipinski definition) is 10. The highest BCUT2D eigenvalue weighted by atomic mass is 31.2. The minimum absolute atomic E-state index is 0.0980. The van der Waals surface area contributed by atoms with Crippen molar-refractivity contribution in [1.29, 1.82) is 0 Å². The number of nitrogens with two attached hydrogens (primary N) is 1. The highest BCUT2D eigenvalue weighted by Gasteiger charge is 2.56. The van der Waals surface area contributed by atoms with Crippen molar-refractivity contribution in [3.63, 3.8) is 0 Å². The van der Waals surface area contributed by atoms with Gasteiger partial charge in [0.05, 0.1) is 7.11 Å². The number of nitrogens with one attached hydrogen (secondary N) is 9. The summed E-state index contributed by atoms with van der Waals surface area (Å²) in [6.07, 6.45) is -20.5. The number of phosphoric ester groups is 1. The number of phosphoric acid groups is 1. The number of amides is 9. The number of pyridine rings is 1. The maximum Gasteiger partial charge on any atom is 0.471 e. The summed E-state index contributed by atoms with van der Waals surface area (Å²) in [5.74, 6) is -15.3. The molecule has 2 aliphatic rings. The van der Waals surface area contributed by atoms with Crippen molar-refractivity contribution in [2.75, 3.05) is 26.9 Å². The lowest BCUT2D eigenvalue weighted by Gasteiger charge is -2.50. The summed E-state index contributed by atoms with van der Waals surface area (Å²) < 4.78 is 105. The summed E-state index contributed by atoms with van der Waals surface area (Å²) in [6, 6.07) is -5.27. The van der Waals surface area contributed by atoms with Crippen LogP contribution in [0.5, 0.6) is 0 Å². The Kier molecular flexibility index (Phi) is 34.9. The number of H-pyrrole nitrogens is 1. The molecule has 0 aromatic carbocycles. The lowest BCUT2D eigenvalue weighted by atomic mass is 9.93. The van der Waals surface area contributed by atoms with Gasteiger partial charge in [-0.3, -0.25) is 71.4 Å². The number of primary amides is 1. The number of rotatable bonds is 33. The zero-order valence-corrected chi connectivity index (χ0v) is 54.9. The fourth-order valence-corrected chi connectivity index (χ4v) is 9.34. The molecule has 1 aromatic heterocycles. The van der Waals surface area contributed by atoms with Crippen LogP contribution in [-0.4, -0.2) is 219 Å². The van der Waals surface area contributed by atoms with Crippen LogP contribution in [0.4, 0.5) is 13.2 Å². The van der Waals surface area contributed by atoms with Crippen molar-refractivity contribution >= 4 is 90.8 Å². The third-order valence-electron chi connectivity index (χ3n) is 13.3. The summed E-state index contributed by atoms with van der Waals surface area (Å²) in [5.41, 5.74) is 5.55. The largest absolute Gasteiger partial charge is 0.756 e.